The lowest BCUT2D eigenvalue weighted by atomic mass is 10.1. The van der Waals surface area contributed by atoms with Crippen LogP contribution in [0.5, 0.6) is 0 Å². The van der Waals surface area contributed by atoms with Crippen molar-refractivity contribution in [1.82, 2.24) is 14.9 Å². The smallest absolute Gasteiger partial charge is 0.337 e. The molecule has 1 fully saturated rings. The van der Waals surface area contributed by atoms with Crippen LogP contribution >= 0.6 is 12.2 Å². The van der Waals surface area contributed by atoms with Crippen LogP contribution in [-0.4, -0.2) is 47.8 Å². The fraction of sp³-hybridized carbons (Fsp3) is 0.444. The minimum atomic E-state index is -0.497. The quantitative estimate of drug-likeness (QED) is 0.572. The van der Waals surface area contributed by atoms with Crippen LogP contribution in [0, 0.1) is 4.77 Å². The molecule has 1 aliphatic heterocycles. The second-order valence-corrected chi connectivity index (χ2v) is 6.71. The number of fused-ring (bicyclic) bond motifs is 1. The number of rotatable bonds is 6. The Morgan fingerprint density at radius 3 is 2.96 bits per heavy atom. The van der Waals surface area contributed by atoms with Gasteiger partial charge in [-0.15, -0.1) is 0 Å². The maximum Gasteiger partial charge on any atom is 0.337 e. The Bertz CT molecular complexity index is 975. The second kappa shape index (κ2) is 8.45. The van der Waals surface area contributed by atoms with Crippen LogP contribution < -0.4 is 10.9 Å². The van der Waals surface area contributed by atoms with Crippen molar-refractivity contribution in [3.8, 4) is 0 Å². The monoisotopic (exact) mass is 391 g/mol. The van der Waals surface area contributed by atoms with Crippen LogP contribution in [0.1, 0.15) is 29.6 Å². The van der Waals surface area contributed by atoms with Crippen molar-refractivity contribution >= 4 is 35.0 Å². The molecule has 2 aromatic rings. The van der Waals surface area contributed by atoms with E-state index in [1.807, 2.05) is 0 Å². The number of methoxy groups -OCH3 is 1. The molecule has 144 valence electrons. The number of benzene rings is 1. The molecule has 2 heterocycles. The van der Waals surface area contributed by atoms with Crippen LogP contribution in [0.25, 0.3) is 10.9 Å². The summed E-state index contributed by atoms with van der Waals surface area (Å²) in [6, 6.07) is 4.59. The fourth-order valence-electron chi connectivity index (χ4n) is 3.04. The van der Waals surface area contributed by atoms with E-state index in [4.69, 9.17) is 17.0 Å². The predicted molar refractivity (Wildman–Crippen MR) is 101 cm³/mol. The molecule has 1 aliphatic rings. The van der Waals surface area contributed by atoms with E-state index < -0.39 is 5.97 Å². The van der Waals surface area contributed by atoms with Crippen LogP contribution in [-0.2, 0) is 20.8 Å². The van der Waals surface area contributed by atoms with Crippen molar-refractivity contribution in [2.75, 3.05) is 20.3 Å². The predicted octanol–water partition coefficient (Wildman–Crippen LogP) is 1.53. The Morgan fingerprint density at radius 2 is 2.26 bits per heavy atom. The van der Waals surface area contributed by atoms with Crippen molar-refractivity contribution in [2.24, 2.45) is 0 Å². The number of carbonyl (C=O) groups is 2. The summed E-state index contributed by atoms with van der Waals surface area (Å²) in [5.74, 6) is -0.656. The van der Waals surface area contributed by atoms with E-state index in [9.17, 15) is 14.4 Å². The molecule has 0 saturated carbocycles. The number of hydrogen-bond donors (Lipinski definition) is 2. The fourth-order valence-corrected chi connectivity index (χ4v) is 3.32. The minimum Gasteiger partial charge on any atom is -0.465 e. The van der Waals surface area contributed by atoms with E-state index in [-0.39, 0.29) is 35.3 Å². The Labute approximate surface area is 160 Å². The Morgan fingerprint density at radius 1 is 1.44 bits per heavy atom. The number of aromatic amines is 1. The molecule has 0 bridgehead atoms. The van der Waals surface area contributed by atoms with E-state index in [2.05, 4.69) is 15.0 Å². The van der Waals surface area contributed by atoms with E-state index >= 15 is 0 Å². The van der Waals surface area contributed by atoms with Crippen LogP contribution in [0.4, 0.5) is 0 Å². The number of nitrogens with zero attached hydrogens (tertiary/aromatic N) is 1. The van der Waals surface area contributed by atoms with Gasteiger partial charge in [0.2, 0.25) is 5.91 Å². The average Bonchev–Trinajstić information content (AvgIpc) is 3.18. The Hall–Kier alpha value is -2.52. The molecule has 1 amide bonds. The van der Waals surface area contributed by atoms with Crippen molar-refractivity contribution in [3.05, 3.63) is 38.9 Å². The van der Waals surface area contributed by atoms with Gasteiger partial charge in [-0.1, -0.05) is 0 Å². The topological polar surface area (TPSA) is 102 Å². The van der Waals surface area contributed by atoms with Crippen molar-refractivity contribution in [3.63, 3.8) is 0 Å². The third-order valence-corrected chi connectivity index (χ3v) is 4.84. The number of amides is 1. The molecule has 0 unspecified atom stereocenters. The lowest BCUT2D eigenvalue weighted by Crippen LogP contribution is -2.33. The molecular weight excluding hydrogens is 370 g/mol. The number of nitrogens with one attached hydrogen (secondary N) is 2. The molecule has 1 saturated heterocycles. The summed E-state index contributed by atoms with van der Waals surface area (Å²) in [5.41, 5.74) is 0.463. The summed E-state index contributed by atoms with van der Waals surface area (Å²) in [5, 5.41) is 3.21. The first-order chi connectivity index (χ1) is 13.0. The molecule has 2 N–H and O–H groups in total. The lowest BCUT2D eigenvalue weighted by Gasteiger charge is -2.12. The van der Waals surface area contributed by atoms with Gasteiger partial charge in [0.25, 0.3) is 5.56 Å². The van der Waals surface area contributed by atoms with E-state index in [0.717, 1.165) is 19.4 Å². The maximum absolute atomic E-state index is 12.7. The summed E-state index contributed by atoms with van der Waals surface area (Å²) in [6.07, 6.45) is 2.17. The highest BCUT2D eigenvalue weighted by molar-refractivity contribution is 7.71. The van der Waals surface area contributed by atoms with Gasteiger partial charge in [0.15, 0.2) is 4.77 Å². The standard InChI is InChI=1S/C18H21N3O5S/c1-25-17(24)11-4-5-13-14(9-11)20-18(27)21(16(13)23)7-6-15(22)19-10-12-3-2-8-26-12/h4-5,9,12H,2-3,6-8,10H2,1H3,(H,19,22)(H,20,27)/t12-/m0/s1. The van der Waals surface area contributed by atoms with Gasteiger partial charge in [0.05, 0.1) is 29.7 Å². The Kier molecular flexibility index (Phi) is 6.02. The first kappa shape index (κ1) is 19.2. The van der Waals surface area contributed by atoms with Gasteiger partial charge in [-0.25, -0.2) is 4.79 Å². The van der Waals surface area contributed by atoms with Crippen molar-refractivity contribution in [1.29, 1.82) is 0 Å². The highest BCUT2D eigenvalue weighted by Crippen LogP contribution is 2.12. The highest BCUT2D eigenvalue weighted by Gasteiger charge is 2.16. The largest absolute Gasteiger partial charge is 0.465 e. The van der Waals surface area contributed by atoms with Gasteiger partial charge in [0, 0.05) is 26.1 Å². The zero-order valence-corrected chi connectivity index (χ0v) is 15.8. The summed E-state index contributed by atoms with van der Waals surface area (Å²) >= 11 is 5.25. The van der Waals surface area contributed by atoms with Crippen molar-refractivity contribution < 1.29 is 19.1 Å². The van der Waals surface area contributed by atoms with Crippen LogP contribution in [0.3, 0.4) is 0 Å². The van der Waals surface area contributed by atoms with Crippen molar-refractivity contribution in [2.45, 2.75) is 31.9 Å². The van der Waals surface area contributed by atoms with Gasteiger partial charge < -0.3 is 19.8 Å². The number of carbonyl (C=O) groups excluding carboxylic acids is 2. The van der Waals surface area contributed by atoms with Crippen LogP contribution in [0.2, 0.25) is 0 Å². The van der Waals surface area contributed by atoms with E-state index in [0.29, 0.717) is 23.0 Å². The number of hydrogen-bond acceptors (Lipinski definition) is 6. The summed E-state index contributed by atoms with van der Waals surface area (Å²) in [7, 11) is 1.29. The van der Waals surface area contributed by atoms with Gasteiger partial charge in [0.1, 0.15) is 0 Å². The molecule has 0 radical (unpaired) electrons. The van der Waals surface area contributed by atoms with Gasteiger partial charge in [-0.3, -0.25) is 14.2 Å². The summed E-state index contributed by atoms with van der Waals surface area (Å²) in [4.78, 5) is 39.3. The number of esters is 1. The Balaban J connectivity index is 1.72. The first-order valence-corrected chi connectivity index (χ1v) is 9.14. The number of H-pyrrole nitrogens is 1. The molecule has 27 heavy (non-hydrogen) atoms. The zero-order chi connectivity index (χ0) is 19.4. The molecule has 3 rings (SSSR count). The van der Waals surface area contributed by atoms with Gasteiger partial charge >= 0.3 is 5.97 Å². The van der Waals surface area contributed by atoms with Gasteiger partial charge in [-0.2, -0.15) is 0 Å². The maximum atomic E-state index is 12.7. The average molecular weight is 391 g/mol. The number of ether oxygens (including phenoxy) is 2. The van der Waals surface area contributed by atoms with E-state index in [1.54, 1.807) is 6.07 Å². The molecule has 1 aromatic heterocycles. The minimum absolute atomic E-state index is 0.0733. The molecule has 8 nitrogen and oxygen atoms in total. The molecule has 1 atom stereocenters. The lowest BCUT2D eigenvalue weighted by molar-refractivity contribution is -0.121. The summed E-state index contributed by atoms with van der Waals surface area (Å²) in [6.45, 7) is 1.38. The third kappa shape index (κ3) is 4.42. The highest BCUT2D eigenvalue weighted by atomic mass is 32.1. The zero-order valence-electron chi connectivity index (χ0n) is 14.9. The molecule has 9 heteroatoms. The van der Waals surface area contributed by atoms with E-state index in [1.165, 1.54) is 23.8 Å². The molecule has 0 spiro atoms. The molecule has 0 aliphatic carbocycles. The third-order valence-electron chi connectivity index (χ3n) is 4.52. The normalized spacial score (nSPS) is 16.4. The SMILES string of the molecule is COC(=O)c1ccc2c(=O)n(CCC(=O)NC[C@@H]3CCCO3)c(=S)[nH]c2c1. The first-order valence-electron chi connectivity index (χ1n) is 8.73. The molecular formula is C18H21N3O5S. The second-order valence-electron chi connectivity index (χ2n) is 6.33. The van der Waals surface area contributed by atoms with Gasteiger partial charge in [-0.05, 0) is 43.3 Å². The van der Waals surface area contributed by atoms with Crippen LogP contribution in [0.15, 0.2) is 23.0 Å². The molecule has 1 aromatic carbocycles. The summed E-state index contributed by atoms with van der Waals surface area (Å²) < 4.78 is 11.7. The number of aromatic nitrogens is 2.